The molecule has 3 aromatic rings. The van der Waals surface area contributed by atoms with Crippen molar-refractivity contribution in [2.24, 2.45) is 0 Å². The zero-order valence-corrected chi connectivity index (χ0v) is 12.6. The van der Waals surface area contributed by atoms with Crippen LogP contribution in [0.15, 0.2) is 47.3 Å². The molecule has 0 bridgehead atoms. The molecular formula is C14H12N4OS2. The number of nitrogens with one attached hydrogen (secondary N) is 1. The molecule has 5 nitrogen and oxygen atoms in total. The quantitative estimate of drug-likeness (QED) is 0.736. The molecule has 1 amide bonds. The van der Waals surface area contributed by atoms with Crippen LogP contribution in [-0.2, 0) is 11.3 Å². The van der Waals surface area contributed by atoms with Crippen molar-refractivity contribution in [3.63, 3.8) is 0 Å². The van der Waals surface area contributed by atoms with E-state index in [-0.39, 0.29) is 5.91 Å². The summed E-state index contributed by atoms with van der Waals surface area (Å²) in [5.74, 6) is -0.144. The smallest absolute Gasteiger partial charge is 0.244 e. The van der Waals surface area contributed by atoms with Crippen molar-refractivity contribution < 1.29 is 4.79 Å². The molecule has 0 saturated heterocycles. The van der Waals surface area contributed by atoms with Gasteiger partial charge in [-0.1, -0.05) is 11.3 Å². The van der Waals surface area contributed by atoms with Crippen molar-refractivity contribution in [2.75, 3.05) is 0 Å². The molecule has 0 spiro atoms. The highest BCUT2D eigenvalue weighted by molar-refractivity contribution is 7.12. The molecule has 1 N–H and O–H groups in total. The Kier molecular flexibility index (Phi) is 4.23. The SMILES string of the molecule is O=C(/C=C/c1cccs1)NCc1cn(-c2cccs2)nn1. The van der Waals surface area contributed by atoms with Crippen LogP contribution in [0.25, 0.3) is 11.1 Å². The van der Waals surface area contributed by atoms with Crippen molar-refractivity contribution in [1.82, 2.24) is 20.3 Å². The minimum atomic E-state index is -0.144. The van der Waals surface area contributed by atoms with E-state index >= 15 is 0 Å². The van der Waals surface area contributed by atoms with E-state index in [1.807, 2.05) is 41.2 Å². The number of amides is 1. The van der Waals surface area contributed by atoms with Crippen LogP contribution in [0.1, 0.15) is 10.6 Å². The van der Waals surface area contributed by atoms with Crippen molar-refractivity contribution in [3.8, 4) is 5.00 Å². The van der Waals surface area contributed by atoms with Crippen molar-refractivity contribution in [2.45, 2.75) is 6.54 Å². The van der Waals surface area contributed by atoms with Gasteiger partial charge in [-0.3, -0.25) is 4.79 Å². The monoisotopic (exact) mass is 316 g/mol. The lowest BCUT2D eigenvalue weighted by Crippen LogP contribution is -2.20. The van der Waals surface area contributed by atoms with E-state index in [2.05, 4.69) is 15.6 Å². The zero-order valence-electron chi connectivity index (χ0n) is 11.0. The topological polar surface area (TPSA) is 59.8 Å². The molecule has 0 aliphatic rings. The molecule has 3 aromatic heterocycles. The third-order valence-electron chi connectivity index (χ3n) is 2.66. The molecule has 0 unspecified atom stereocenters. The summed E-state index contributed by atoms with van der Waals surface area (Å²) in [4.78, 5) is 12.8. The fourth-order valence-electron chi connectivity index (χ4n) is 1.67. The second-order valence-corrected chi connectivity index (χ2v) is 6.08. The summed E-state index contributed by atoms with van der Waals surface area (Å²) in [5, 5.41) is 15.8. The van der Waals surface area contributed by atoms with Gasteiger partial charge in [-0.05, 0) is 35.0 Å². The van der Waals surface area contributed by atoms with Gasteiger partial charge in [0.2, 0.25) is 5.91 Å². The second-order valence-electron chi connectivity index (χ2n) is 4.17. The van der Waals surface area contributed by atoms with Gasteiger partial charge in [-0.25, -0.2) is 4.68 Å². The Morgan fingerprint density at radius 1 is 1.29 bits per heavy atom. The van der Waals surface area contributed by atoms with Gasteiger partial charge in [0.25, 0.3) is 0 Å². The van der Waals surface area contributed by atoms with Gasteiger partial charge in [-0.15, -0.1) is 27.8 Å². The molecule has 0 aliphatic heterocycles. The van der Waals surface area contributed by atoms with Crippen molar-refractivity contribution in [3.05, 3.63) is 57.9 Å². The highest BCUT2D eigenvalue weighted by Gasteiger charge is 2.04. The van der Waals surface area contributed by atoms with Gasteiger partial charge in [-0.2, -0.15) is 0 Å². The Bertz CT molecular complexity index is 729. The van der Waals surface area contributed by atoms with E-state index in [0.717, 1.165) is 15.6 Å². The summed E-state index contributed by atoms with van der Waals surface area (Å²) in [5.41, 5.74) is 0.723. The molecule has 0 atom stereocenters. The number of thiophene rings is 2. The Morgan fingerprint density at radius 2 is 2.14 bits per heavy atom. The summed E-state index contributed by atoms with van der Waals surface area (Å²) in [6.45, 7) is 0.360. The summed E-state index contributed by atoms with van der Waals surface area (Å²) >= 11 is 3.17. The summed E-state index contributed by atoms with van der Waals surface area (Å²) in [7, 11) is 0. The van der Waals surface area contributed by atoms with Gasteiger partial charge < -0.3 is 5.32 Å². The van der Waals surface area contributed by atoms with Crippen LogP contribution >= 0.6 is 22.7 Å². The van der Waals surface area contributed by atoms with E-state index in [0.29, 0.717) is 6.54 Å². The molecule has 21 heavy (non-hydrogen) atoms. The Hall–Kier alpha value is -2.25. The Labute approximate surface area is 129 Å². The highest BCUT2D eigenvalue weighted by Crippen LogP contribution is 2.13. The standard InChI is InChI=1S/C14H12N4OS2/c19-13(6-5-12-3-1-7-20-12)15-9-11-10-18(17-16-11)14-4-2-8-21-14/h1-8,10H,9H2,(H,15,19)/b6-5+. The van der Waals surface area contributed by atoms with Crippen LogP contribution in [-0.4, -0.2) is 20.9 Å². The molecule has 3 rings (SSSR count). The molecule has 0 aliphatic carbocycles. The van der Waals surface area contributed by atoms with E-state index in [1.54, 1.807) is 33.4 Å². The Balaban J connectivity index is 1.54. The minimum absolute atomic E-state index is 0.144. The summed E-state index contributed by atoms with van der Waals surface area (Å²) in [6.07, 6.45) is 5.13. The molecule has 106 valence electrons. The lowest BCUT2D eigenvalue weighted by atomic mass is 10.4. The number of carbonyl (C=O) groups excluding carboxylic acids is 1. The first-order valence-corrected chi connectivity index (χ1v) is 8.02. The normalized spacial score (nSPS) is 11.0. The van der Waals surface area contributed by atoms with E-state index in [1.165, 1.54) is 6.08 Å². The minimum Gasteiger partial charge on any atom is -0.347 e. The number of aromatic nitrogens is 3. The molecule has 0 saturated carbocycles. The molecular weight excluding hydrogens is 304 g/mol. The van der Waals surface area contributed by atoms with Crippen LogP contribution in [0.4, 0.5) is 0 Å². The van der Waals surface area contributed by atoms with Crippen LogP contribution in [0.5, 0.6) is 0 Å². The number of nitrogens with zero attached hydrogens (tertiary/aromatic N) is 3. The predicted molar refractivity (Wildman–Crippen MR) is 84.4 cm³/mol. The van der Waals surface area contributed by atoms with Crippen LogP contribution in [0, 0.1) is 0 Å². The second kappa shape index (κ2) is 6.47. The lowest BCUT2D eigenvalue weighted by Gasteiger charge is -1.97. The molecule has 0 fully saturated rings. The third kappa shape index (κ3) is 3.65. The van der Waals surface area contributed by atoms with E-state index in [9.17, 15) is 4.79 Å². The van der Waals surface area contributed by atoms with Gasteiger partial charge >= 0.3 is 0 Å². The lowest BCUT2D eigenvalue weighted by molar-refractivity contribution is -0.116. The van der Waals surface area contributed by atoms with Crippen molar-refractivity contribution in [1.29, 1.82) is 0 Å². The Morgan fingerprint density at radius 3 is 2.90 bits per heavy atom. The predicted octanol–water partition coefficient (Wildman–Crippen LogP) is 2.72. The maximum absolute atomic E-state index is 11.7. The van der Waals surface area contributed by atoms with E-state index in [4.69, 9.17) is 0 Å². The van der Waals surface area contributed by atoms with Gasteiger partial charge in [0.05, 0.1) is 12.7 Å². The number of carbonyl (C=O) groups is 1. The van der Waals surface area contributed by atoms with Gasteiger partial charge in [0.1, 0.15) is 10.7 Å². The first-order valence-electron chi connectivity index (χ1n) is 6.26. The maximum Gasteiger partial charge on any atom is 0.244 e. The molecule has 0 aromatic carbocycles. The van der Waals surface area contributed by atoms with Crippen LogP contribution < -0.4 is 5.32 Å². The van der Waals surface area contributed by atoms with Crippen LogP contribution in [0.3, 0.4) is 0 Å². The first kappa shape index (κ1) is 13.7. The maximum atomic E-state index is 11.7. The highest BCUT2D eigenvalue weighted by atomic mass is 32.1. The number of hydrogen-bond donors (Lipinski definition) is 1. The average Bonchev–Trinajstić information content (AvgIpc) is 3.24. The fourth-order valence-corrected chi connectivity index (χ4v) is 2.94. The summed E-state index contributed by atoms with van der Waals surface area (Å²) < 4.78 is 1.70. The van der Waals surface area contributed by atoms with E-state index < -0.39 is 0 Å². The van der Waals surface area contributed by atoms with Gasteiger partial charge in [0, 0.05) is 11.0 Å². The number of hydrogen-bond acceptors (Lipinski definition) is 5. The molecule has 7 heteroatoms. The van der Waals surface area contributed by atoms with Gasteiger partial charge in [0.15, 0.2) is 0 Å². The molecule has 0 radical (unpaired) electrons. The average molecular weight is 316 g/mol. The summed E-state index contributed by atoms with van der Waals surface area (Å²) in [6, 6.07) is 7.83. The van der Waals surface area contributed by atoms with Crippen molar-refractivity contribution >= 4 is 34.7 Å². The third-order valence-corrected chi connectivity index (χ3v) is 4.35. The first-order chi connectivity index (χ1) is 10.3. The fraction of sp³-hybridized carbons (Fsp3) is 0.0714. The zero-order chi connectivity index (χ0) is 14.5. The number of rotatable bonds is 5. The largest absolute Gasteiger partial charge is 0.347 e. The van der Waals surface area contributed by atoms with Crippen LogP contribution in [0.2, 0.25) is 0 Å². The molecule has 3 heterocycles.